The van der Waals surface area contributed by atoms with E-state index >= 15 is 0 Å². The highest BCUT2D eigenvalue weighted by Gasteiger charge is 2.40. The van der Waals surface area contributed by atoms with Crippen molar-refractivity contribution in [3.63, 3.8) is 0 Å². The third-order valence-electron chi connectivity index (χ3n) is 4.80. The number of allylic oxidation sites excluding steroid dienone is 1. The zero-order valence-electron chi connectivity index (χ0n) is 17.7. The van der Waals surface area contributed by atoms with Gasteiger partial charge in [-0.15, -0.1) is 0 Å². The lowest BCUT2D eigenvalue weighted by atomic mass is 9.79. The van der Waals surface area contributed by atoms with Crippen LogP contribution in [-0.4, -0.2) is 20.6 Å². The van der Waals surface area contributed by atoms with Crippen LogP contribution in [0.3, 0.4) is 0 Å². The molecule has 2 aromatic carbocycles. The van der Waals surface area contributed by atoms with E-state index in [0.717, 1.165) is 6.08 Å². The molecule has 162 valence electrons. The van der Waals surface area contributed by atoms with Gasteiger partial charge in [-0.25, -0.2) is 0 Å². The quantitative estimate of drug-likeness (QED) is 0.266. The lowest BCUT2D eigenvalue weighted by Crippen LogP contribution is -2.20. The van der Waals surface area contributed by atoms with Crippen molar-refractivity contribution in [2.24, 2.45) is 0 Å². The Balaban J connectivity index is 2.73. The first-order valence-corrected chi connectivity index (χ1v) is 9.20. The molecule has 2 rings (SSSR count). The second-order valence-corrected chi connectivity index (χ2v) is 8.01. The van der Waals surface area contributed by atoms with Gasteiger partial charge in [-0.2, -0.15) is 0 Å². The fourth-order valence-corrected chi connectivity index (χ4v) is 3.54. The highest BCUT2D eigenvalue weighted by Crippen LogP contribution is 2.44. The van der Waals surface area contributed by atoms with Gasteiger partial charge in [0, 0.05) is 34.2 Å². The maximum atomic E-state index is 12.9. The van der Waals surface area contributed by atoms with Gasteiger partial charge in [-0.05, 0) is 25.5 Å². The second-order valence-electron chi connectivity index (χ2n) is 8.01. The normalized spacial score (nSPS) is 11.5. The van der Waals surface area contributed by atoms with E-state index in [1.807, 2.05) is 0 Å². The number of carbonyl (C=O) groups is 1. The summed E-state index contributed by atoms with van der Waals surface area (Å²) in [4.78, 5) is 45.5. The molecule has 0 aliphatic heterocycles. The van der Waals surface area contributed by atoms with Crippen LogP contribution in [0.15, 0.2) is 30.3 Å². The average molecular weight is 427 g/mol. The maximum Gasteiger partial charge on any atom is 0.283 e. The van der Waals surface area contributed by atoms with E-state index in [-0.39, 0.29) is 27.9 Å². The van der Waals surface area contributed by atoms with Crippen molar-refractivity contribution >= 4 is 28.9 Å². The number of nitro benzene ring substituents is 3. The van der Waals surface area contributed by atoms with Gasteiger partial charge in [0.15, 0.2) is 5.78 Å². The molecule has 0 amide bonds. The maximum absolute atomic E-state index is 12.9. The first-order chi connectivity index (χ1) is 14.3. The number of hydrogen-bond donors (Lipinski definition) is 0. The van der Waals surface area contributed by atoms with E-state index in [9.17, 15) is 35.1 Å². The molecule has 0 bridgehead atoms. The molecule has 0 unspecified atom stereocenters. The Morgan fingerprint density at radius 3 is 1.84 bits per heavy atom. The molecule has 10 nitrogen and oxygen atoms in total. The summed E-state index contributed by atoms with van der Waals surface area (Å²) in [5, 5.41) is 34.5. The summed E-state index contributed by atoms with van der Waals surface area (Å²) in [6.45, 7) is 7.66. The molecule has 0 saturated carbocycles. The summed E-state index contributed by atoms with van der Waals surface area (Å²) in [6, 6.07) is 5.55. The summed E-state index contributed by atoms with van der Waals surface area (Å²) in [7, 11) is 0. The number of nitro groups is 3. The molecule has 0 spiro atoms. The first kappa shape index (κ1) is 23.3. The lowest BCUT2D eigenvalue weighted by molar-refractivity contribution is -0.397. The van der Waals surface area contributed by atoms with Gasteiger partial charge in [0.25, 0.3) is 17.1 Å². The Morgan fingerprint density at radius 1 is 0.903 bits per heavy atom. The Labute approximate surface area is 177 Å². The van der Waals surface area contributed by atoms with E-state index in [1.54, 1.807) is 26.8 Å². The average Bonchev–Trinajstić information content (AvgIpc) is 2.64. The van der Waals surface area contributed by atoms with Gasteiger partial charge in [0.05, 0.1) is 14.8 Å². The third-order valence-corrected chi connectivity index (χ3v) is 4.80. The van der Waals surface area contributed by atoms with Gasteiger partial charge in [-0.1, -0.05) is 39.0 Å². The molecule has 0 atom stereocenters. The van der Waals surface area contributed by atoms with Gasteiger partial charge in [0.2, 0.25) is 0 Å². The van der Waals surface area contributed by atoms with Crippen LogP contribution in [0, 0.1) is 44.2 Å². The summed E-state index contributed by atoms with van der Waals surface area (Å²) >= 11 is 0. The molecular formula is C21H21N3O7. The van der Waals surface area contributed by atoms with Gasteiger partial charge in [0.1, 0.15) is 5.56 Å². The standard InChI is InChI=1S/C21H21N3O7/c1-12-17(16(25)10-9-14-7-6-8-15(11-14)22(26)27)13(2)20(24(30)31)18(21(3,4)5)19(12)23(28)29/h6-11H,1-5H3/b10-9+. The minimum Gasteiger partial charge on any atom is -0.289 e. The van der Waals surface area contributed by atoms with E-state index in [2.05, 4.69) is 0 Å². The fraction of sp³-hybridized carbons (Fsp3) is 0.286. The Bertz CT molecular complexity index is 1100. The molecule has 0 radical (unpaired) electrons. The molecule has 0 saturated heterocycles. The fourth-order valence-electron chi connectivity index (χ4n) is 3.54. The molecule has 10 heteroatoms. The van der Waals surface area contributed by atoms with E-state index in [1.165, 1.54) is 38.1 Å². The van der Waals surface area contributed by atoms with E-state index < -0.39 is 37.3 Å². The number of carbonyl (C=O) groups excluding carboxylic acids is 1. The first-order valence-electron chi connectivity index (χ1n) is 9.20. The molecule has 0 heterocycles. The number of nitrogens with zero attached hydrogens (tertiary/aromatic N) is 3. The van der Waals surface area contributed by atoms with Crippen molar-refractivity contribution in [1.82, 2.24) is 0 Å². The van der Waals surface area contributed by atoms with Crippen LogP contribution in [0.1, 0.15) is 53.4 Å². The predicted octanol–water partition coefficient (Wildman–Crippen LogP) is 5.22. The number of hydrogen-bond acceptors (Lipinski definition) is 7. The Hall–Kier alpha value is -3.95. The van der Waals surface area contributed by atoms with Gasteiger partial charge in [-0.3, -0.25) is 35.1 Å². The van der Waals surface area contributed by atoms with Crippen molar-refractivity contribution in [2.45, 2.75) is 40.0 Å². The van der Waals surface area contributed by atoms with E-state index in [0.29, 0.717) is 5.56 Å². The Kier molecular flexibility index (Phi) is 6.34. The van der Waals surface area contributed by atoms with Crippen molar-refractivity contribution in [2.75, 3.05) is 0 Å². The third kappa shape index (κ3) is 4.63. The van der Waals surface area contributed by atoms with Crippen LogP contribution in [0.5, 0.6) is 0 Å². The van der Waals surface area contributed by atoms with Crippen molar-refractivity contribution < 1.29 is 19.6 Å². The number of non-ortho nitro benzene ring substituents is 1. The van der Waals surface area contributed by atoms with Crippen molar-refractivity contribution in [1.29, 1.82) is 0 Å². The zero-order valence-corrected chi connectivity index (χ0v) is 17.7. The predicted molar refractivity (Wildman–Crippen MR) is 114 cm³/mol. The van der Waals surface area contributed by atoms with Gasteiger partial charge >= 0.3 is 0 Å². The van der Waals surface area contributed by atoms with Crippen LogP contribution < -0.4 is 0 Å². The minimum absolute atomic E-state index is 0.0340. The molecule has 31 heavy (non-hydrogen) atoms. The van der Waals surface area contributed by atoms with Crippen LogP contribution >= 0.6 is 0 Å². The Morgan fingerprint density at radius 2 is 1.42 bits per heavy atom. The zero-order chi connectivity index (χ0) is 23.7. The molecular weight excluding hydrogens is 406 g/mol. The number of ketones is 1. The summed E-state index contributed by atoms with van der Waals surface area (Å²) in [6.07, 6.45) is 2.42. The lowest BCUT2D eigenvalue weighted by Gasteiger charge is -2.22. The van der Waals surface area contributed by atoms with Crippen molar-refractivity contribution in [3.05, 3.63) is 88.5 Å². The largest absolute Gasteiger partial charge is 0.289 e. The molecule has 0 N–H and O–H groups in total. The molecule has 0 fully saturated rings. The topological polar surface area (TPSA) is 146 Å². The molecule has 0 aromatic heterocycles. The van der Waals surface area contributed by atoms with Crippen LogP contribution in [0.4, 0.5) is 17.1 Å². The monoisotopic (exact) mass is 427 g/mol. The van der Waals surface area contributed by atoms with Crippen molar-refractivity contribution in [3.8, 4) is 0 Å². The molecule has 0 aliphatic carbocycles. The highest BCUT2D eigenvalue weighted by atomic mass is 16.6. The summed E-state index contributed by atoms with van der Waals surface area (Å²) in [5.74, 6) is -0.673. The van der Waals surface area contributed by atoms with Crippen LogP contribution in [0.2, 0.25) is 0 Å². The number of benzene rings is 2. The summed E-state index contributed by atoms with van der Waals surface area (Å²) in [5.41, 5.74) is -1.74. The van der Waals surface area contributed by atoms with Crippen LogP contribution in [-0.2, 0) is 5.41 Å². The van der Waals surface area contributed by atoms with E-state index in [4.69, 9.17) is 0 Å². The molecule has 2 aromatic rings. The molecule has 0 aliphatic rings. The second kappa shape index (κ2) is 8.42. The van der Waals surface area contributed by atoms with Crippen LogP contribution in [0.25, 0.3) is 6.08 Å². The number of rotatable bonds is 6. The smallest absolute Gasteiger partial charge is 0.283 e. The highest BCUT2D eigenvalue weighted by molar-refractivity contribution is 6.10. The minimum atomic E-state index is -0.916. The van der Waals surface area contributed by atoms with Gasteiger partial charge < -0.3 is 0 Å². The summed E-state index contributed by atoms with van der Waals surface area (Å²) < 4.78 is 0. The SMILES string of the molecule is Cc1c(C(=O)/C=C/c2cccc([N+](=O)[O-])c2)c(C)c([N+](=O)[O-])c(C(C)(C)C)c1[N+](=O)[O-].